The average Bonchev–Trinajstić information content (AvgIpc) is 2.91. The van der Waals surface area contributed by atoms with E-state index >= 15 is 0 Å². The fourth-order valence-corrected chi connectivity index (χ4v) is 4.22. The molecule has 1 amide bonds. The van der Waals surface area contributed by atoms with Crippen molar-refractivity contribution in [3.8, 4) is 17.0 Å². The zero-order valence-corrected chi connectivity index (χ0v) is 20.0. The first kappa shape index (κ1) is 22.9. The lowest BCUT2D eigenvalue weighted by molar-refractivity contribution is -0.129. The summed E-state index contributed by atoms with van der Waals surface area (Å²) in [5.74, 6) is 1.84. The molecular weight excluding hydrogens is 446 g/mol. The molecule has 0 saturated carbocycles. The van der Waals surface area contributed by atoms with Gasteiger partial charge in [-0.2, -0.15) is 4.98 Å². The number of aromatic nitrogens is 3. The van der Waals surface area contributed by atoms with Crippen molar-refractivity contribution in [3.63, 3.8) is 0 Å². The summed E-state index contributed by atoms with van der Waals surface area (Å²) in [7, 11) is 3.46. The van der Waals surface area contributed by atoms with Crippen LogP contribution in [0.4, 0.5) is 23.1 Å². The van der Waals surface area contributed by atoms with Crippen LogP contribution in [0.3, 0.4) is 0 Å². The van der Waals surface area contributed by atoms with E-state index < -0.39 is 0 Å². The van der Waals surface area contributed by atoms with Gasteiger partial charge in [-0.15, -0.1) is 0 Å². The quantitative estimate of drug-likeness (QED) is 0.577. The highest BCUT2D eigenvalue weighted by molar-refractivity contribution is 5.84. The molecule has 2 fully saturated rings. The number of ether oxygens (including phenoxy) is 2. The molecule has 2 aliphatic rings. The number of nitrogens with one attached hydrogen (secondary N) is 1. The summed E-state index contributed by atoms with van der Waals surface area (Å²) in [5.41, 5.74) is 3.39. The highest BCUT2D eigenvalue weighted by atomic mass is 16.5. The van der Waals surface area contributed by atoms with Crippen LogP contribution in [-0.4, -0.2) is 85.9 Å². The van der Waals surface area contributed by atoms with Crippen LogP contribution < -0.4 is 19.9 Å². The Kier molecular flexibility index (Phi) is 6.62. The van der Waals surface area contributed by atoms with Crippen LogP contribution in [0.25, 0.3) is 11.3 Å². The van der Waals surface area contributed by atoms with Crippen molar-refractivity contribution in [3.05, 3.63) is 48.8 Å². The van der Waals surface area contributed by atoms with Gasteiger partial charge < -0.3 is 29.5 Å². The Balaban J connectivity index is 1.56. The van der Waals surface area contributed by atoms with Gasteiger partial charge in [0.05, 0.1) is 26.9 Å². The molecule has 0 unspecified atom stereocenters. The Morgan fingerprint density at radius 2 is 1.80 bits per heavy atom. The molecule has 35 heavy (non-hydrogen) atoms. The van der Waals surface area contributed by atoms with E-state index in [2.05, 4.69) is 26.2 Å². The molecule has 0 spiro atoms. The fraction of sp³-hybridized carbons (Fsp3) is 0.360. The largest absolute Gasteiger partial charge is 0.491 e. The van der Waals surface area contributed by atoms with E-state index in [9.17, 15) is 4.79 Å². The Hall–Kier alpha value is -3.92. The third kappa shape index (κ3) is 4.97. The number of likely N-dealkylation sites (N-methyl/N-ethyl adjacent to an activating group) is 1. The number of methoxy groups -OCH3 is 1. The Bertz CT molecular complexity index is 1180. The van der Waals surface area contributed by atoms with Gasteiger partial charge in [0, 0.05) is 62.6 Å². The van der Waals surface area contributed by atoms with Gasteiger partial charge >= 0.3 is 0 Å². The predicted molar refractivity (Wildman–Crippen MR) is 134 cm³/mol. The van der Waals surface area contributed by atoms with Crippen molar-refractivity contribution in [2.24, 2.45) is 0 Å². The standard InChI is InChI=1S/C25H29N7O3/c1-30-10-11-32(17-21(30)33)20-5-3-4-18(16-20)22-23(34-2)24(27-19-6-8-26-9-7-19)29-25(28-22)31-12-14-35-15-13-31/h3-9,16H,10-15,17H2,1-2H3,(H,26,27,28,29). The number of morpholine rings is 1. The molecule has 2 saturated heterocycles. The monoisotopic (exact) mass is 475 g/mol. The highest BCUT2D eigenvalue weighted by Crippen LogP contribution is 2.38. The van der Waals surface area contributed by atoms with E-state index in [1.807, 2.05) is 37.4 Å². The molecule has 5 rings (SSSR count). The van der Waals surface area contributed by atoms with Gasteiger partial charge in [-0.05, 0) is 24.3 Å². The van der Waals surface area contributed by atoms with Gasteiger partial charge in [-0.1, -0.05) is 12.1 Å². The van der Waals surface area contributed by atoms with Gasteiger partial charge in [0.2, 0.25) is 11.9 Å². The summed E-state index contributed by atoms with van der Waals surface area (Å²) in [6.07, 6.45) is 3.45. The van der Waals surface area contributed by atoms with E-state index in [1.54, 1.807) is 24.4 Å². The van der Waals surface area contributed by atoms with E-state index in [0.717, 1.165) is 23.5 Å². The number of benzene rings is 1. The number of nitrogens with zero attached hydrogens (tertiary/aromatic N) is 6. The van der Waals surface area contributed by atoms with Crippen LogP contribution >= 0.6 is 0 Å². The molecule has 10 nitrogen and oxygen atoms in total. The predicted octanol–water partition coefficient (Wildman–Crippen LogP) is 2.41. The lowest BCUT2D eigenvalue weighted by Crippen LogP contribution is -2.48. The van der Waals surface area contributed by atoms with E-state index in [1.165, 1.54) is 0 Å². The second kappa shape index (κ2) is 10.1. The summed E-state index contributed by atoms with van der Waals surface area (Å²) in [6.45, 7) is 4.51. The summed E-state index contributed by atoms with van der Waals surface area (Å²) in [4.78, 5) is 32.1. The van der Waals surface area contributed by atoms with Crippen LogP contribution in [0.1, 0.15) is 0 Å². The highest BCUT2D eigenvalue weighted by Gasteiger charge is 2.24. The van der Waals surface area contributed by atoms with Crippen LogP contribution in [0.15, 0.2) is 48.8 Å². The number of amides is 1. The normalized spacial score (nSPS) is 16.4. The summed E-state index contributed by atoms with van der Waals surface area (Å²) < 4.78 is 11.4. The van der Waals surface area contributed by atoms with Crippen molar-refractivity contribution in [1.29, 1.82) is 0 Å². The van der Waals surface area contributed by atoms with Crippen LogP contribution in [0, 0.1) is 0 Å². The molecule has 4 heterocycles. The second-order valence-corrected chi connectivity index (χ2v) is 8.50. The average molecular weight is 476 g/mol. The number of hydrogen-bond acceptors (Lipinski definition) is 9. The molecule has 10 heteroatoms. The van der Waals surface area contributed by atoms with Gasteiger partial charge in [0.1, 0.15) is 5.69 Å². The van der Waals surface area contributed by atoms with Crippen molar-refractivity contribution in [2.45, 2.75) is 0 Å². The smallest absolute Gasteiger partial charge is 0.241 e. The van der Waals surface area contributed by atoms with Crippen LogP contribution in [0.5, 0.6) is 5.75 Å². The SMILES string of the molecule is COc1c(Nc2ccncc2)nc(N2CCOCC2)nc1-c1cccc(N2CCN(C)C(=O)C2)c1. The topological polar surface area (TPSA) is 95.9 Å². The molecule has 1 N–H and O–H groups in total. The van der Waals surface area contributed by atoms with Crippen LogP contribution in [0.2, 0.25) is 0 Å². The second-order valence-electron chi connectivity index (χ2n) is 8.50. The van der Waals surface area contributed by atoms with Gasteiger partial charge in [-0.25, -0.2) is 4.98 Å². The molecule has 2 aromatic heterocycles. The minimum Gasteiger partial charge on any atom is -0.491 e. The lowest BCUT2D eigenvalue weighted by atomic mass is 10.1. The first-order valence-corrected chi connectivity index (χ1v) is 11.7. The number of anilines is 4. The zero-order valence-electron chi connectivity index (χ0n) is 20.0. The first-order valence-electron chi connectivity index (χ1n) is 11.7. The zero-order chi connectivity index (χ0) is 24.2. The third-order valence-electron chi connectivity index (χ3n) is 6.24. The number of pyridine rings is 1. The van der Waals surface area contributed by atoms with Crippen molar-refractivity contribution in [2.75, 3.05) is 75.2 Å². The Labute approximate surface area is 204 Å². The molecule has 2 aliphatic heterocycles. The molecule has 0 radical (unpaired) electrons. The summed E-state index contributed by atoms with van der Waals surface area (Å²) >= 11 is 0. The van der Waals surface area contributed by atoms with Crippen molar-refractivity contribution >= 4 is 29.0 Å². The maximum atomic E-state index is 12.3. The summed E-state index contributed by atoms with van der Waals surface area (Å²) in [6, 6.07) is 11.8. The minimum atomic E-state index is 0.111. The van der Waals surface area contributed by atoms with E-state index in [4.69, 9.17) is 19.4 Å². The molecule has 0 atom stereocenters. The van der Waals surface area contributed by atoms with Crippen molar-refractivity contribution in [1.82, 2.24) is 19.9 Å². The number of rotatable bonds is 6. The van der Waals surface area contributed by atoms with E-state index in [-0.39, 0.29) is 5.91 Å². The fourth-order valence-electron chi connectivity index (χ4n) is 4.22. The molecular formula is C25H29N7O3. The molecule has 3 aromatic rings. The Morgan fingerprint density at radius 1 is 1.00 bits per heavy atom. The van der Waals surface area contributed by atoms with Gasteiger partial charge in [0.15, 0.2) is 11.6 Å². The Morgan fingerprint density at radius 3 is 2.54 bits per heavy atom. The number of carbonyl (C=O) groups excluding carboxylic acids is 1. The molecule has 182 valence electrons. The van der Waals surface area contributed by atoms with Crippen molar-refractivity contribution < 1.29 is 14.3 Å². The molecule has 1 aromatic carbocycles. The maximum absolute atomic E-state index is 12.3. The first-order chi connectivity index (χ1) is 17.1. The number of carbonyl (C=O) groups is 1. The number of hydrogen-bond donors (Lipinski definition) is 1. The minimum absolute atomic E-state index is 0.111. The number of piperazine rings is 1. The van der Waals surface area contributed by atoms with Gasteiger partial charge in [0.25, 0.3) is 0 Å². The maximum Gasteiger partial charge on any atom is 0.241 e. The molecule has 0 aliphatic carbocycles. The van der Waals surface area contributed by atoms with E-state index in [0.29, 0.717) is 62.6 Å². The van der Waals surface area contributed by atoms with Crippen LogP contribution in [-0.2, 0) is 9.53 Å². The third-order valence-corrected chi connectivity index (χ3v) is 6.24. The lowest BCUT2D eigenvalue weighted by Gasteiger charge is -2.33. The van der Waals surface area contributed by atoms with Gasteiger partial charge in [-0.3, -0.25) is 9.78 Å². The molecule has 0 bridgehead atoms. The summed E-state index contributed by atoms with van der Waals surface area (Å²) in [5, 5.41) is 3.37.